The minimum atomic E-state index is -0.167. The fourth-order valence-corrected chi connectivity index (χ4v) is 2.81. The second kappa shape index (κ2) is 5.68. The zero-order valence-electron chi connectivity index (χ0n) is 12.0. The summed E-state index contributed by atoms with van der Waals surface area (Å²) in [5.41, 5.74) is 1.87. The molecule has 0 bridgehead atoms. The summed E-state index contributed by atoms with van der Waals surface area (Å²) in [5, 5.41) is 0. The summed E-state index contributed by atoms with van der Waals surface area (Å²) in [6, 6.07) is 5.13. The monoisotopic (exact) mass is 286 g/mol. The molecule has 1 aliphatic carbocycles. The molecule has 1 aliphatic rings. The molecular weight excluding hydrogens is 268 g/mol. The first-order valence-electron chi connectivity index (χ1n) is 7.30. The van der Waals surface area contributed by atoms with E-state index in [9.17, 15) is 9.59 Å². The van der Waals surface area contributed by atoms with Crippen LogP contribution in [0.4, 0.5) is 0 Å². The van der Waals surface area contributed by atoms with Crippen LogP contribution in [0.15, 0.2) is 29.2 Å². The number of aromatic nitrogens is 2. The Labute approximate surface area is 122 Å². The second-order valence-electron chi connectivity index (χ2n) is 5.56. The Morgan fingerprint density at radius 3 is 2.95 bits per heavy atom. The second-order valence-corrected chi connectivity index (χ2v) is 5.56. The highest BCUT2D eigenvalue weighted by molar-refractivity contribution is 5.72. The summed E-state index contributed by atoms with van der Waals surface area (Å²) in [4.78, 5) is 28.4. The molecular formula is C16H18N2O3. The molecule has 0 amide bonds. The Bertz CT molecular complexity index is 730. The zero-order valence-corrected chi connectivity index (χ0v) is 12.0. The molecule has 0 unspecified atom stereocenters. The van der Waals surface area contributed by atoms with Crippen molar-refractivity contribution in [3.63, 3.8) is 0 Å². The molecule has 0 saturated heterocycles. The van der Waals surface area contributed by atoms with Crippen LogP contribution in [0, 0.1) is 12.8 Å². The summed E-state index contributed by atoms with van der Waals surface area (Å²) >= 11 is 0. The maximum absolute atomic E-state index is 12.0. The lowest BCUT2D eigenvalue weighted by atomic mass is 10.1. The molecule has 0 aromatic carbocycles. The third kappa shape index (κ3) is 2.82. The van der Waals surface area contributed by atoms with Crippen molar-refractivity contribution in [3.05, 3.63) is 46.0 Å². The van der Waals surface area contributed by atoms with Crippen LogP contribution in [0.2, 0.25) is 0 Å². The van der Waals surface area contributed by atoms with E-state index >= 15 is 0 Å². The van der Waals surface area contributed by atoms with E-state index in [1.165, 1.54) is 10.5 Å². The Kier molecular flexibility index (Phi) is 3.73. The minimum Gasteiger partial charge on any atom is -0.459 e. The Balaban J connectivity index is 1.79. The zero-order chi connectivity index (χ0) is 14.8. The van der Waals surface area contributed by atoms with Gasteiger partial charge in [0.2, 0.25) is 0 Å². The van der Waals surface area contributed by atoms with Crippen molar-refractivity contribution in [1.29, 1.82) is 0 Å². The van der Waals surface area contributed by atoms with E-state index in [1.54, 1.807) is 6.20 Å². The lowest BCUT2D eigenvalue weighted by molar-refractivity contribution is -0.149. The summed E-state index contributed by atoms with van der Waals surface area (Å²) in [5.74, 6) is -0.146. The average molecular weight is 286 g/mol. The fourth-order valence-electron chi connectivity index (χ4n) is 2.81. The van der Waals surface area contributed by atoms with Crippen molar-refractivity contribution in [1.82, 2.24) is 9.38 Å². The number of hydrogen-bond donors (Lipinski definition) is 0. The van der Waals surface area contributed by atoms with Crippen LogP contribution in [-0.2, 0) is 16.1 Å². The molecule has 5 nitrogen and oxygen atoms in total. The third-order valence-corrected chi connectivity index (χ3v) is 3.99. The van der Waals surface area contributed by atoms with Crippen LogP contribution in [0.3, 0.4) is 0 Å². The Morgan fingerprint density at radius 2 is 2.19 bits per heavy atom. The van der Waals surface area contributed by atoms with Gasteiger partial charge >= 0.3 is 5.97 Å². The van der Waals surface area contributed by atoms with Crippen molar-refractivity contribution in [2.45, 2.75) is 39.2 Å². The molecule has 0 spiro atoms. The smallest absolute Gasteiger partial charge is 0.309 e. The Hall–Kier alpha value is -2.17. The molecule has 0 atom stereocenters. The Morgan fingerprint density at radius 1 is 1.43 bits per heavy atom. The van der Waals surface area contributed by atoms with Gasteiger partial charge in [0.25, 0.3) is 5.56 Å². The van der Waals surface area contributed by atoms with Gasteiger partial charge < -0.3 is 4.74 Å². The van der Waals surface area contributed by atoms with Crippen LogP contribution in [0.5, 0.6) is 0 Å². The van der Waals surface area contributed by atoms with Crippen molar-refractivity contribution in [2.75, 3.05) is 0 Å². The topological polar surface area (TPSA) is 60.7 Å². The highest BCUT2D eigenvalue weighted by Crippen LogP contribution is 2.25. The SMILES string of the molecule is Cc1cccn2c(=O)cc(COC(=O)C3CCCC3)nc12. The van der Waals surface area contributed by atoms with Crippen molar-refractivity contribution in [2.24, 2.45) is 5.92 Å². The van der Waals surface area contributed by atoms with Gasteiger partial charge in [0.1, 0.15) is 12.3 Å². The van der Waals surface area contributed by atoms with Gasteiger partial charge in [-0.15, -0.1) is 0 Å². The van der Waals surface area contributed by atoms with Gasteiger partial charge in [-0.2, -0.15) is 0 Å². The van der Waals surface area contributed by atoms with Crippen molar-refractivity contribution in [3.8, 4) is 0 Å². The van der Waals surface area contributed by atoms with Crippen molar-refractivity contribution >= 4 is 11.6 Å². The highest BCUT2D eigenvalue weighted by atomic mass is 16.5. The van der Waals surface area contributed by atoms with E-state index < -0.39 is 0 Å². The van der Waals surface area contributed by atoms with Gasteiger partial charge in [-0.05, 0) is 31.4 Å². The van der Waals surface area contributed by atoms with Crippen molar-refractivity contribution < 1.29 is 9.53 Å². The number of hydrogen-bond acceptors (Lipinski definition) is 4. The maximum atomic E-state index is 12.0. The predicted octanol–water partition coefficient (Wildman–Crippen LogP) is 2.24. The molecule has 1 saturated carbocycles. The lowest BCUT2D eigenvalue weighted by Gasteiger charge is -2.10. The molecule has 1 fully saturated rings. The van der Waals surface area contributed by atoms with Crippen LogP contribution < -0.4 is 5.56 Å². The number of carbonyl (C=O) groups is 1. The summed E-state index contributed by atoms with van der Waals surface area (Å²) in [7, 11) is 0. The number of aryl methyl sites for hydroxylation is 1. The van der Waals surface area contributed by atoms with Gasteiger partial charge in [-0.3, -0.25) is 14.0 Å². The molecule has 3 rings (SSSR count). The molecule has 21 heavy (non-hydrogen) atoms. The number of carbonyl (C=O) groups excluding carboxylic acids is 1. The molecule has 110 valence electrons. The van der Waals surface area contributed by atoms with E-state index in [4.69, 9.17) is 4.74 Å². The predicted molar refractivity (Wildman–Crippen MR) is 78.0 cm³/mol. The number of esters is 1. The van der Waals surface area contributed by atoms with E-state index in [2.05, 4.69) is 4.98 Å². The van der Waals surface area contributed by atoms with Crippen LogP contribution in [0.1, 0.15) is 36.9 Å². The third-order valence-electron chi connectivity index (χ3n) is 3.99. The fraction of sp³-hybridized carbons (Fsp3) is 0.438. The molecule has 5 heteroatoms. The summed E-state index contributed by atoms with van der Waals surface area (Å²) in [6.45, 7) is 1.96. The number of ether oxygens (including phenoxy) is 1. The molecule has 2 aromatic rings. The first kappa shape index (κ1) is 13.8. The van der Waals surface area contributed by atoms with Gasteiger partial charge in [0.15, 0.2) is 0 Å². The van der Waals surface area contributed by atoms with E-state index in [-0.39, 0.29) is 24.1 Å². The van der Waals surface area contributed by atoms with Gasteiger partial charge in [-0.1, -0.05) is 18.9 Å². The highest BCUT2D eigenvalue weighted by Gasteiger charge is 2.24. The number of nitrogens with zero attached hydrogens (tertiary/aromatic N) is 2. The van der Waals surface area contributed by atoms with E-state index in [0.29, 0.717) is 11.3 Å². The largest absolute Gasteiger partial charge is 0.459 e. The van der Waals surface area contributed by atoms with Crippen LogP contribution in [-0.4, -0.2) is 15.4 Å². The maximum Gasteiger partial charge on any atom is 0.309 e. The van der Waals surface area contributed by atoms with E-state index in [0.717, 1.165) is 31.2 Å². The number of rotatable bonds is 3. The number of pyridine rings is 1. The van der Waals surface area contributed by atoms with Crippen LogP contribution >= 0.6 is 0 Å². The van der Waals surface area contributed by atoms with E-state index in [1.807, 2.05) is 19.1 Å². The van der Waals surface area contributed by atoms with Gasteiger partial charge in [0.05, 0.1) is 11.6 Å². The molecule has 0 aliphatic heterocycles. The van der Waals surface area contributed by atoms with Gasteiger partial charge in [-0.25, -0.2) is 4.98 Å². The van der Waals surface area contributed by atoms with Gasteiger partial charge in [0, 0.05) is 12.3 Å². The minimum absolute atomic E-state index is 0.0216. The van der Waals surface area contributed by atoms with Crippen LogP contribution in [0.25, 0.3) is 5.65 Å². The molecule has 2 heterocycles. The summed E-state index contributed by atoms with van der Waals surface area (Å²) < 4.78 is 6.80. The molecule has 2 aromatic heterocycles. The lowest BCUT2D eigenvalue weighted by Crippen LogP contribution is -2.19. The molecule has 0 N–H and O–H groups in total. The normalized spacial score (nSPS) is 15.5. The summed E-state index contributed by atoms with van der Waals surface area (Å²) in [6.07, 6.45) is 5.69. The average Bonchev–Trinajstić information content (AvgIpc) is 3.00. The standard InChI is InChI=1S/C16H18N2O3/c1-11-5-4-8-18-14(19)9-13(17-15(11)18)10-21-16(20)12-6-2-3-7-12/h4-5,8-9,12H,2-3,6-7,10H2,1H3. The first-order valence-corrected chi connectivity index (χ1v) is 7.30. The molecule has 0 radical (unpaired) electrons. The first-order chi connectivity index (χ1) is 10.1. The quantitative estimate of drug-likeness (QED) is 0.812. The number of fused-ring (bicyclic) bond motifs is 1.